The molecule has 0 radical (unpaired) electrons. The van der Waals surface area contributed by atoms with E-state index in [1.807, 2.05) is 19.1 Å². The van der Waals surface area contributed by atoms with Gasteiger partial charge in [0.2, 0.25) is 0 Å². The number of carbonyl (C=O) groups is 1. The number of rotatable bonds is 8. The van der Waals surface area contributed by atoms with Gasteiger partial charge in [0.25, 0.3) is 0 Å². The van der Waals surface area contributed by atoms with Gasteiger partial charge in [-0.2, -0.15) is 0 Å². The molecule has 1 saturated carbocycles. The number of carbonyl (C=O) groups excluding carboxylic acids is 1. The average molecular weight is 291 g/mol. The maximum atomic E-state index is 12.3. The van der Waals surface area contributed by atoms with E-state index in [4.69, 9.17) is 9.47 Å². The summed E-state index contributed by atoms with van der Waals surface area (Å²) in [6, 6.07) is 8.03. The molecule has 1 fully saturated rings. The van der Waals surface area contributed by atoms with Crippen LogP contribution in [0.2, 0.25) is 0 Å². The number of likely N-dealkylation sites (N-methyl/N-ethyl adjacent to an activating group) is 1. The van der Waals surface area contributed by atoms with E-state index in [0.29, 0.717) is 19.1 Å². The van der Waals surface area contributed by atoms with Crippen molar-refractivity contribution in [1.82, 2.24) is 5.32 Å². The molecule has 1 aliphatic carbocycles. The van der Waals surface area contributed by atoms with E-state index in [1.54, 1.807) is 0 Å². The summed E-state index contributed by atoms with van der Waals surface area (Å²) in [7, 11) is 1.44. The molecule has 21 heavy (non-hydrogen) atoms. The van der Waals surface area contributed by atoms with Crippen LogP contribution < -0.4 is 10.1 Å². The molecule has 0 saturated heterocycles. The SMILES string of the molecule is CCNC(COc1ccc(CC)cc1)(C(=O)OC)C1CC1. The summed E-state index contributed by atoms with van der Waals surface area (Å²) >= 11 is 0. The van der Waals surface area contributed by atoms with E-state index in [9.17, 15) is 4.79 Å². The van der Waals surface area contributed by atoms with Crippen LogP contribution in [0.3, 0.4) is 0 Å². The summed E-state index contributed by atoms with van der Waals surface area (Å²) in [6.07, 6.45) is 3.09. The van der Waals surface area contributed by atoms with Gasteiger partial charge in [0.05, 0.1) is 7.11 Å². The minimum atomic E-state index is -0.715. The topological polar surface area (TPSA) is 47.6 Å². The fourth-order valence-electron chi connectivity index (χ4n) is 2.70. The van der Waals surface area contributed by atoms with Crippen LogP contribution in [-0.4, -0.2) is 31.8 Å². The number of nitrogens with one attached hydrogen (secondary N) is 1. The Morgan fingerprint density at radius 3 is 2.43 bits per heavy atom. The van der Waals surface area contributed by atoms with Crippen LogP contribution in [0.4, 0.5) is 0 Å². The largest absolute Gasteiger partial charge is 0.491 e. The molecule has 116 valence electrons. The highest BCUT2D eigenvalue weighted by Gasteiger charge is 2.52. The second kappa shape index (κ2) is 6.94. The van der Waals surface area contributed by atoms with E-state index >= 15 is 0 Å². The van der Waals surface area contributed by atoms with Crippen molar-refractivity contribution in [3.8, 4) is 5.75 Å². The predicted octanol–water partition coefficient (Wildman–Crippen LogP) is 2.56. The molecule has 1 aliphatic rings. The molecule has 1 aromatic carbocycles. The maximum absolute atomic E-state index is 12.3. The number of hydrogen-bond donors (Lipinski definition) is 1. The standard InChI is InChI=1S/C17H25NO3/c1-4-13-6-10-15(11-7-13)21-12-17(18-5-2,14-8-9-14)16(19)20-3/h6-7,10-11,14,18H,4-5,8-9,12H2,1-3H3. The maximum Gasteiger partial charge on any atom is 0.329 e. The number of benzene rings is 1. The third-order valence-corrected chi connectivity index (χ3v) is 4.11. The number of hydrogen-bond acceptors (Lipinski definition) is 4. The Kier molecular flexibility index (Phi) is 5.23. The zero-order valence-corrected chi connectivity index (χ0v) is 13.1. The first-order valence-corrected chi connectivity index (χ1v) is 7.71. The molecule has 2 rings (SSSR count). The molecule has 0 aliphatic heterocycles. The highest BCUT2D eigenvalue weighted by atomic mass is 16.5. The third kappa shape index (κ3) is 3.56. The van der Waals surface area contributed by atoms with Gasteiger partial charge < -0.3 is 9.47 Å². The van der Waals surface area contributed by atoms with Crippen molar-refractivity contribution in [3.63, 3.8) is 0 Å². The fraction of sp³-hybridized carbons (Fsp3) is 0.588. The lowest BCUT2D eigenvalue weighted by Crippen LogP contribution is -2.58. The van der Waals surface area contributed by atoms with E-state index in [0.717, 1.165) is 25.0 Å². The van der Waals surface area contributed by atoms with E-state index in [1.165, 1.54) is 12.7 Å². The van der Waals surface area contributed by atoms with Gasteiger partial charge >= 0.3 is 5.97 Å². The van der Waals surface area contributed by atoms with Crippen molar-refractivity contribution in [1.29, 1.82) is 0 Å². The smallest absolute Gasteiger partial charge is 0.329 e. The molecule has 1 N–H and O–H groups in total. The minimum absolute atomic E-state index is 0.225. The van der Waals surface area contributed by atoms with Crippen molar-refractivity contribution in [2.75, 3.05) is 20.3 Å². The molecule has 1 atom stereocenters. The van der Waals surface area contributed by atoms with Crippen LogP contribution in [-0.2, 0) is 16.0 Å². The number of aryl methyl sites for hydroxylation is 1. The van der Waals surface area contributed by atoms with Crippen molar-refractivity contribution in [2.45, 2.75) is 38.6 Å². The Labute approximate surface area is 126 Å². The lowest BCUT2D eigenvalue weighted by atomic mass is 9.94. The summed E-state index contributed by atoms with van der Waals surface area (Å²) in [5.41, 5.74) is 0.558. The van der Waals surface area contributed by atoms with Gasteiger partial charge in [0.1, 0.15) is 12.4 Å². The van der Waals surface area contributed by atoms with Crippen molar-refractivity contribution in [3.05, 3.63) is 29.8 Å². The molecule has 0 spiro atoms. The molecule has 1 aromatic rings. The Hall–Kier alpha value is -1.55. The summed E-state index contributed by atoms with van der Waals surface area (Å²) in [6.45, 7) is 5.14. The normalized spacial score (nSPS) is 17.1. The monoisotopic (exact) mass is 291 g/mol. The minimum Gasteiger partial charge on any atom is -0.491 e. The summed E-state index contributed by atoms with van der Waals surface area (Å²) in [5.74, 6) is 0.871. The van der Waals surface area contributed by atoms with Crippen LogP contribution >= 0.6 is 0 Å². The zero-order valence-electron chi connectivity index (χ0n) is 13.1. The molecular weight excluding hydrogens is 266 g/mol. The van der Waals surface area contributed by atoms with E-state index in [-0.39, 0.29) is 5.97 Å². The first kappa shape index (κ1) is 15.8. The Bertz CT molecular complexity index is 467. The third-order valence-electron chi connectivity index (χ3n) is 4.11. The fourth-order valence-corrected chi connectivity index (χ4v) is 2.70. The molecule has 4 nitrogen and oxygen atoms in total. The summed E-state index contributed by atoms with van der Waals surface area (Å²) in [4.78, 5) is 12.3. The molecular formula is C17H25NO3. The summed E-state index contributed by atoms with van der Waals surface area (Å²) in [5, 5.41) is 3.30. The lowest BCUT2D eigenvalue weighted by molar-refractivity contribution is -0.151. The van der Waals surface area contributed by atoms with Gasteiger partial charge in [0.15, 0.2) is 5.54 Å². The van der Waals surface area contributed by atoms with Crippen LogP contribution in [0.15, 0.2) is 24.3 Å². The van der Waals surface area contributed by atoms with Gasteiger partial charge in [0, 0.05) is 0 Å². The second-order valence-electron chi connectivity index (χ2n) is 5.55. The van der Waals surface area contributed by atoms with E-state index < -0.39 is 5.54 Å². The quantitative estimate of drug-likeness (QED) is 0.748. The molecule has 4 heteroatoms. The Morgan fingerprint density at radius 1 is 1.29 bits per heavy atom. The van der Waals surface area contributed by atoms with Crippen LogP contribution in [0, 0.1) is 5.92 Å². The van der Waals surface area contributed by atoms with Crippen LogP contribution in [0.5, 0.6) is 5.75 Å². The molecule has 0 aromatic heterocycles. The number of methoxy groups -OCH3 is 1. The Balaban J connectivity index is 2.08. The lowest BCUT2D eigenvalue weighted by Gasteiger charge is -2.31. The molecule has 0 amide bonds. The van der Waals surface area contributed by atoms with E-state index in [2.05, 4.69) is 24.4 Å². The highest BCUT2D eigenvalue weighted by Crippen LogP contribution is 2.40. The van der Waals surface area contributed by atoms with Crippen molar-refractivity contribution in [2.24, 2.45) is 5.92 Å². The molecule has 1 unspecified atom stereocenters. The van der Waals surface area contributed by atoms with Gasteiger partial charge in [-0.25, -0.2) is 4.79 Å². The second-order valence-corrected chi connectivity index (χ2v) is 5.55. The zero-order chi connectivity index (χ0) is 15.3. The predicted molar refractivity (Wildman–Crippen MR) is 82.5 cm³/mol. The van der Waals surface area contributed by atoms with Gasteiger partial charge in [-0.15, -0.1) is 0 Å². The van der Waals surface area contributed by atoms with Gasteiger partial charge in [-0.1, -0.05) is 26.0 Å². The molecule has 0 bridgehead atoms. The first-order valence-electron chi connectivity index (χ1n) is 7.71. The van der Waals surface area contributed by atoms with Gasteiger partial charge in [-0.3, -0.25) is 5.32 Å². The molecule has 0 heterocycles. The Morgan fingerprint density at radius 2 is 1.95 bits per heavy atom. The number of ether oxygens (including phenoxy) is 2. The summed E-state index contributed by atoms with van der Waals surface area (Å²) < 4.78 is 10.9. The number of esters is 1. The van der Waals surface area contributed by atoms with Crippen molar-refractivity contribution < 1.29 is 14.3 Å². The van der Waals surface area contributed by atoms with Crippen molar-refractivity contribution >= 4 is 5.97 Å². The van der Waals surface area contributed by atoms with Crippen LogP contribution in [0.1, 0.15) is 32.3 Å². The highest BCUT2D eigenvalue weighted by molar-refractivity contribution is 5.82. The average Bonchev–Trinajstić information content (AvgIpc) is 3.36. The van der Waals surface area contributed by atoms with Gasteiger partial charge in [-0.05, 0) is 49.4 Å². The van der Waals surface area contributed by atoms with Crippen LogP contribution in [0.25, 0.3) is 0 Å². The first-order chi connectivity index (χ1) is 10.2.